The van der Waals surface area contributed by atoms with E-state index in [0.717, 1.165) is 12.1 Å². The number of hydrogen-bond donors (Lipinski definition) is 1. The minimum atomic E-state index is -4.78. The first-order valence-electron chi connectivity index (χ1n) is 6.91. The number of nitrogens with zero attached hydrogens (tertiary/aromatic N) is 2. The molecule has 0 aliphatic heterocycles. The largest absolute Gasteiger partial charge is 0.573 e. The van der Waals surface area contributed by atoms with Crippen LogP contribution in [0, 0.1) is 6.92 Å². The van der Waals surface area contributed by atoms with Crippen LogP contribution in [0.15, 0.2) is 41.6 Å². The van der Waals surface area contributed by atoms with Gasteiger partial charge in [-0.1, -0.05) is 0 Å². The van der Waals surface area contributed by atoms with Crippen LogP contribution in [0.5, 0.6) is 5.75 Å². The zero-order valence-electron chi connectivity index (χ0n) is 12.6. The molecule has 2 rings (SSSR count). The van der Waals surface area contributed by atoms with Gasteiger partial charge in [0, 0.05) is 30.4 Å². The smallest absolute Gasteiger partial charge is 0.406 e. The molecular formula is C15H14F3N3O3. The average Bonchev–Trinajstić information content (AvgIpc) is 2.50. The van der Waals surface area contributed by atoms with Gasteiger partial charge in [0.1, 0.15) is 5.75 Å². The number of benzene rings is 1. The Kier molecular flexibility index (Phi) is 5.22. The van der Waals surface area contributed by atoms with Crippen molar-refractivity contribution < 1.29 is 22.7 Å². The van der Waals surface area contributed by atoms with E-state index in [9.17, 15) is 22.8 Å². The first-order chi connectivity index (χ1) is 11.3. The summed E-state index contributed by atoms with van der Waals surface area (Å²) in [5, 5.41) is 2.57. The normalized spacial score (nSPS) is 11.2. The van der Waals surface area contributed by atoms with Gasteiger partial charge in [-0.3, -0.25) is 14.2 Å². The molecule has 1 aromatic heterocycles. The monoisotopic (exact) mass is 341 g/mol. The van der Waals surface area contributed by atoms with E-state index >= 15 is 0 Å². The van der Waals surface area contributed by atoms with Gasteiger partial charge in [-0.05, 0) is 31.2 Å². The summed E-state index contributed by atoms with van der Waals surface area (Å²) in [5.41, 5.74) is 0.469. The van der Waals surface area contributed by atoms with Gasteiger partial charge >= 0.3 is 6.36 Å². The molecule has 2 aromatic rings. The van der Waals surface area contributed by atoms with Crippen LogP contribution in [0.2, 0.25) is 0 Å². The number of carbonyl (C=O) groups excluding carboxylic acids is 1. The van der Waals surface area contributed by atoms with Gasteiger partial charge in [-0.25, -0.2) is 4.98 Å². The van der Waals surface area contributed by atoms with Crippen LogP contribution in [0.4, 0.5) is 13.2 Å². The Hall–Kier alpha value is -2.84. The third kappa shape index (κ3) is 4.83. The fourth-order valence-corrected chi connectivity index (χ4v) is 1.92. The van der Waals surface area contributed by atoms with Crippen molar-refractivity contribution in [2.75, 3.05) is 6.54 Å². The van der Waals surface area contributed by atoms with Crippen LogP contribution in [0.3, 0.4) is 0 Å². The van der Waals surface area contributed by atoms with Crippen molar-refractivity contribution in [1.82, 2.24) is 14.9 Å². The summed E-state index contributed by atoms with van der Waals surface area (Å²) < 4.78 is 41.2. The molecule has 128 valence electrons. The van der Waals surface area contributed by atoms with Crippen molar-refractivity contribution in [3.05, 3.63) is 58.3 Å². The minimum Gasteiger partial charge on any atom is -0.406 e. The molecule has 9 heteroatoms. The Morgan fingerprint density at radius 3 is 2.58 bits per heavy atom. The van der Waals surface area contributed by atoms with Crippen molar-refractivity contribution in [2.24, 2.45) is 0 Å². The number of carbonyl (C=O) groups is 1. The Bertz CT molecular complexity index is 770. The molecule has 6 nitrogen and oxygen atoms in total. The molecule has 0 fully saturated rings. The van der Waals surface area contributed by atoms with Gasteiger partial charge < -0.3 is 10.1 Å². The van der Waals surface area contributed by atoms with Gasteiger partial charge in [-0.15, -0.1) is 13.2 Å². The maximum absolute atomic E-state index is 12.1. The summed E-state index contributed by atoms with van der Waals surface area (Å²) in [6.45, 7) is 2.04. The maximum Gasteiger partial charge on any atom is 0.573 e. The third-order valence-corrected chi connectivity index (χ3v) is 3.06. The van der Waals surface area contributed by atoms with E-state index in [1.54, 1.807) is 6.92 Å². The Balaban J connectivity index is 1.91. The van der Waals surface area contributed by atoms with Crippen molar-refractivity contribution in [3.63, 3.8) is 0 Å². The van der Waals surface area contributed by atoms with Crippen molar-refractivity contribution in [2.45, 2.75) is 19.8 Å². The van der Waals surface area contributed by atoms with Crippen LogP contribution >= 0.6 is 0 Å². The maximum atomic E-state index is 12.1. The lowest BCUT2D eigenvalue weighted by atomic mass is 10.2. The Labute approximate surface area is 134 Å². The fourth-order valence-electron chi connectivity index (χ4n) is 1.92. The lowest BCUT2D eigenvalue weighted by molar-refractivity contribution is -0.274. The highest BCUT2D eigenvalue weighted by atomic mass is 19.4. The lowest BCUT2D eigenvalue weighted by Crippen LogP contribution is -2.31. The molecule has 0 aliphatic carbocycles. The molecule has 0 unspecified atom stereocenters. The summed E-state index contributed by atoms with van der Waals surface area (Å²) in [6.07, 6.45) is -1.97. The highest BCUT2D eigenvalue weighted by molar-refractivity contribution is 5.94. The van der Waals surface area contributed by atoms with Gasteiger partial charge in [0.25, 0.3) is 11.5 Å². The number of amides is 1. The zero-order chi connectivity index (χ0) is 17.7. The van der Waals surface area contributed by atoms with Gasteiger partial charge in [0.2, 0.25) is 0 Å². The number of rotatable bonds is 5. The predicted octanol–water partition coefficient (Wildman–Crippen LogP) is 1.88. The molecule has 0 radical (unpaired) electrons. The Morgan fingerprint density at radius 1 is 1.29 bits per heavy atom. The van der Waals surface area contributed by atoms with E-state index < -0.39 is 18.0 Å². The number of ether oxygens (including phenoxy) is 1. The van der Waals surface area contributed by atoms with Crippen molar-refractivity contribution in [1.29, 1.82) is 0 Å². The van der Waals surface area contributed by atoms with E-state index in [4.69, 9.17) is 0 Å². The average molecular weight is 341 g/mol. The van der Waals surface area contributed by atoms with Crippen molar-refractivity contribution >= 4 is 5.91 Å². The number of aryl methyl sites for hydroxylation is 1. The van der Waals surface area contributed by atoms with E-state index in [1.807, 2.05) is 0 Å². The van der Waals surface area contributed by atoms with E-state index in [-0.39, 0.29) is 24.2 Å². The molecule has 1 aromatic carbocycles. The quantitative estimate of drug-likeness (QED) is 0.901. The van der Waals surface area contributed by atoms with Crippen LogP contribution in [-0.2, 0) is 6.54 Å². The molecule has 24 heavy (non-hydrogen) atoms. The van der Waals surface area contributed by atoms with Crippen LogP contribution in [0.25, 0.3) is 0 Å². The van der Waals surface area contributed by atoms with Gasteiger partial charge in [0.05, 0.1) is 6.33 Å². The molecule has 1 heterocycles. The number of halogens is 3. The standard InChI is InChI=1S/C15H14F3N3O3/c1-10-8-19-9-21(14(10)23)7-6-20-13(22)11-2-4-12(5-3-11)24-15(16,17)18/h2-5,8-9H,6-7H2,1H3,(H,20,22). The van der Waals surface area contributed by atoms with Crippen LogP contribution in [0.1, 0.15) is 15.9 Å². The summed E-state index contributed by atoms with van der Waals surface area (Å²) in [6, 6.07) is 4.54. The van der Waals surface area contributed by atoms with Gasteiger partial charge in [0.15, 0.2) is 0 Å². The molecule has 0 spiro atoms. The first kappa shape index (κ1) is 17.5. The van der Waals surface area contributed by atoms with Crippen LogP contribution < -0.4 is 15.6 Å². The molecule has 0 saturated carbocycles. The molecule has 0 aliphatic rings. The minimum absolute atomic E-state index is 0.171. The fraction of sp³-hybridized carbons (Fsp3) is 0.267. The predicted molar refractivity (Wildman–Crippen MR) is 78.7 cm³/mol. The zero-order valence-corrected chi connectivity index (χ0v) is 12.6. The number of aromatic nitrogens is 2. The number of hydrogen-bond acceptors (Lipinski definition) is 4. The summed E-state index contributed by atoms with van der Waals surface area (Å²) in [5.74, 6) is -0.876. The van der Waals surface area contributed by atoms with Gasteiger partial charge in [-0.2, -0.15) is 0 Å². The van der Waals surface area contributed by atoms with Crippen LogP contribution in [-0.4, -0.2) is 28.4 Å². The highest BCUT2D eigenvalue weighted by Gasteiger charge is 2.31. The summed E-state index contributed by atoms with van der Waals surface area (Å²) in [7, 11) is 0. The molecule has 0 bridgehead atoms. The highest BCUT2D eigenvalue weighted by Crippen LogP contribution is 2.22. The summed E-state index contributed by atoms with van der Waals surface area (Å²) in [4.78, 5) is 27.6. The molecular weight excluding hydrogens is 327 g/mol. The number of alkyl halides is 3. The molecule has 0 saturated heterocycles. The molecule has 0 atom stereocenters. The second-order valence-electron chi connectivity index (χ2n) is 4.90. The summed E-state index contributed by atoms with van der Waals surface area (Å²) >= 11 is 0. The second kappa shape index (κ2) is 7.16. The third-order valence-electron chi connectivity index (χ3n) is 3.06. The van der Waals surface area contributed by atoms with Crippen molar-refractivity contribution in [3.8, 4) is 5.75 Å². The topological polar surface area (TPSA) is 73.2 Å². The Morgan fingerprint density at radius 2 is 1.96 bits per heavy atom. The number of nitrogens with one attached hydrogen (secondary N) is 1. The second-order valence-corrected chi connectivity index (χ2v) is 4.90. The first-order valence-corrected chi connectivity index (χ1v) is 6.91. The van der Waals surface area contributed by atoms with E-state index in [2.05, 4.69) is 15.0 Å². The van der Waals surface area contributed by atoms with E-state index in [0.29, 0.717) is 5.56 Å². The molecule has 1 amide bonds. The lowest BCUT2D eigenvalue weighted by Gasteiger charge is -2.10. The van der Waals surface area contributed by atoms with E-state index in [1.165, 1.54) is 29.2 Å². The molecule has 1 N–H and O–H groups in total. The SMILES string of the molecule is Cc1cncn(CCNC(=O)c2ccc(OC(F)(F)F)cc2)c1=O.